The summed E-state index contributed by atoms with van der Waals surface area (Å²) in [5.41, 5.74) is 0. The van der Waals surface area contributed by atoms with Crippen LogP contribution in [0.4, 0.5) is 4.79 Å². The van der Waals surface area contributed by atoms with Gasteiger partial charge in [0.15, 0.2) is 0 Å². The molecule has 5 nitrogen and oxygen atoms in total. The molecule has 0 aromatic heterocycles. The number of rotatable bonds is 3. The molecule has 0 radical (unpaired) electrons. The maximum atomic E-state index is 11.0. The molecule has 0 aliphatic heterocycles. The van der Waals surface area contributed by atoms with Gasteiger partial charge in [0.1, 0.15) is 0 Å². The Morgan fingerprint density at radius 2 is 2.00 bits per heavy atom. The Morgan fingerprint density at radius 1 is 1.38 bits per heavy atom. The molecule has 0 aromatic carbocycles. The van der Waals surface area contributed by atoms with Crippen molar-refractivity contribution < 1.29 is 19.2 Å². The minimum Gasteiger partial charge on any atom is -0.451 e. The van der Waals surface area contributed by atoms with E-state index in [0.717, 1.165) is 17.9 Å². The minimum atomic E-state index is -0.690. The second kappa shape index (κ2) is 6.28. The first-order valence-corrected chi connectivity index (χ1v) is 4.14. The first-order chi connectivity index (χ1) is 6.11. The number of amides is 1. The fourth-order valence-electron chi connectivity index (χ4n) is 0.685. The molecule has 0 unspecified atom stereocenters. The van der Waals surface area contributed by atoms with Gasteiger partial charge in [-0.1, -0.05) is 13.3 Å². The molecule has 0 bridgehead atoms. The molecule has 0 aromatic rings. The van der Waals surface area contributed by atoms with Crippen LogP contribution in [-0.4, -0.2) is 31.3 Å². The normalized spacial score (nSPS) is 9.15. The van der Waals surface area contributed by atoms with E-state index in [-0.39, 0.29) is 0 Å². The maximum absolute atomic E-state index is 11.0. The van der Waals surface area contributed by atoms with Crippen LogP contribution in [0.2, 0.25) is 0 Å². The van der Waals surface area contributed by atoms with Crippen LogP contribution in [0.1, 0.15) is 26.2 Å². The van der Waals surface area contributed by atoms with E-state index in [4.69, 9.17) is 0 Å². The Labute approximate surface area is 77.6 Å². The molecule has 0 saturated carbocycles. The van der Waals surface area contributed by atoms with Crippen molar-refractivity contribution in [2.24, 2.45) is 0 Å². The molecule has 76 valence electrons. The number of carbonyl (C=O) groups excluding carboxylic acids is 2. The van der Waals surface area contributed by atoms with Gasteiger partial charge >= 0.3 is 12.1 Å². The number of hydroxylamine groups is 2. The van der Waals surface area contributed by atoms with Crippen LogP contribution in [0.25, 0.3) is 0 Å². The van der Waals surface area contributed by atoms with Gasteiger partial charge in [0.2, 0.25) is 0 Å². The molecule has 0 saturated heterocycles. The van der Waals surface area contributed by atoms with E-state index in [9.17, 15) is 9.59 Å². The van der Waals surface area contributed by atoms with Crippen LogP contribution in [-0.2, 0) is 14.4 Å². The van der Waals surface area contributed by atoms with Crippen LogP contribution in [0, 0.1) is 0 Å². The molecule has 0 aliphatic rings. The number of hydrogen-bond donors (Lipinski definition) is 0. The van der Waals surface area contributed by atoms with Crippen molar-refractivity contribution in [1.82, 2.24) is 5.06 Å². The minimum absolute atomic E-state index is 0.317. The van der Waals surface area contributed by atoms with Crippen molar-refractivity contribution in [3.63, 3.8) is 0 Å². The van der Waals surface area contributed by atoms with Gasteiger partial charge in [-0.05, 0) is 6.42 Å². The van der Waals surface area contributed by atoms with Gasteiger partial charge < -0.3 is 9.57 Å². The monoisotopic (exact) mass is 189 g/mol. The summed E-state index contributed by atoms with van der Waals surface area (Å²) >= 11 is 0. The molecular formula is C8H15NO4. The van der Waals surface area contributed by atoms with Gasteiger partial charge in [-0.3, -0.25) is 0 Å². The first kappa shape index (κ1) is 11.7. The summed E-state index contributed by atoms with van der Waals surface area (Å²) in [6.07, 6.45) is 1.30. The van der Waals surface area contributed by atoms with Crippen LogP contribution in [0.3, 0.4) is 0 Å². The Bertz CT molecular complexity index is 181. The summed E-state index contributed by atoms with van der Waals surface area (Å²) in [5.74, 6) is -0.422. The molecule has 1 amide bonds. The summed E-state index contributed by atoms with van der Waals surface area (Å²) in [6.45, 7) is 1.97. The summed E-state index contributed by atoms with van der Waals surface area (Å²) in [7, 11) is 2.55. The molecule has 5 heteroatoms. The summed E-state index contributed by atoms with van der Waals surface area (Å²) in [5, 5.41) is 0.776. The third-order valence-corrected chi connectivity index (χ3v) is 1.40. The van der Waals surface area contributed by atoms with Crippen LogP contribution in [0.15, 0.2) is 0 Å². The van der Waals surface area contributed by atoms with E-state index in [1.807, 2.05) is 6.92 Å². The number of hydrogen-bond acceptors (Lipinski definition) is 4. The van der Waals surface area contributed by atoms with E-state index in [0.29, 0.717) is 6.42 Å². The predicted molar refractivity (Wildman–Crippen MR) is 45.8 cm³/mol. The lowest BCUT2D eigenvalue weighted by atomic mass is 10.3. The lowest BCUT2D eigenvalue weighted by Crippen LogP contribution is -2.29. The molecule has 0 N–H and O–H groups in total. The van der Waals surface area contributed by atoms with Gasteiger partial charge in [0, 0.05) is 6.42 Å². The third-order valence-electron chi connectivity index (χ3n) is 1.40. The fourth-order valence-corrected chi connectivity index (χ4v) is 0.685. The molecule has 13 heavy (non-hydrogen) atoms. The van der Waals surface area contributed by atoms with Crippen LogP contribution < -0.4 is 0 Å². The van der Waals surface area contributed by atoms with Crippen LogP contribution >= 0.6 is 0 Å². The van der Waals surface area contributed by atoms with E-state index in [1.165, 1.54) is 14.2 Å². The first-order valence-electron chi connectivity index (χ1n) is 4.14. The summed E-state index contributed by atoms with van der Waals surface area (Å²) in [6, 6.07) is 0. The van der Waals surface area contributed by atoms with Gasteiger partial charge in [-0.25, -0.2) is 9.59 Å². The zero-order valence-corrected chi connectivity index (χ0v) is 8.20. The second-order valence-electron chi connectivity index (χ2n) is 2.53. The highest BCUT2D eigenvalue weighted by Crippen LogP contribution is 1.99. The quantitative estimate of drug-likeness (QED) is 0.628. The van der Waals surface area contributed by atoms with Gasteiger partial charge in [-0.2, -0.15) is 0 Å². The molecule has 0 fully saturated rings. The highest BCUT2D eigenvalue weighted by Gasteiger charge is 2.13. The van der Waals surface area contributed by atoms with Crippen molar-refractivity contribution in [2.75, 3.05) is 14.2 Å². The molecule has 0 atom stereocenters. The molecule has 0 spiro atoms. The number of nitrogens with zero attached hydrogens (tertiary/aromatic N) is 1. The van der Waals surface area contributed by atoms with Crippen molar-refractivity contribution in [3.8, 4) is 0 Å². The molecular weight excluding hydrogens is 174 g/mol. The van der Waals surface area contributed by atoms with Crippen molar-refractivity contribution >= 4 is 12.1 Å². The number of carbonyl (C=O) groups is 2. The molecule has 0 rings (SSSR count). The Balaban J connectivity index is 3.71. The lowest BCUT2D eigenvalue weighted by molar-refractivity contribution is -0.176. The Hall–Kier alpha value is -1.26. The lowest BCUT2D eigenvalue weighted by Gasteiger charge is -2.13. The SMILES string of the molecule is CCCCC(=O)ON(C)C(=O)OC. The number of unbranched alkanes of at least 4 members (excludes halogenated alkanes) is 1. The van der Waals surface area contributed by atoms with Crippen molar-refractivity contribution in [3.05, 3.63) is 0 Å². The fraction of sp³-hybridized carbons (Fsp3) is 0.750. The standard InChI is InChI=1S/C8H15NO4/c1-4-5-6-7(10)13-9(2)8(11)12-3/h4-6H2,1-3H3. The van der Waals surface area contributed by atoms with Gasteiger partial charge in [-0.15, -0.1) is 5.06 Å². The highest BCUT2D eigenvalue weighted by molar-refractivity contribution is 5.72. The smallest absolute Gasteiger partial charge is 0.442 e. The van der Waals surface area contributed by atoms with Crippen molar-refractivity contribution in [2.45, 2.75) is 26.2 Å². The second-order valence-corrected chi connectivity index (χ2v) is 2.53. The van der Waals surface area contributed by atoms with E-state index >= 15 is 0 Å². The molecule has 0 aliphatic carbocycles. The van der Waals surface area contributed by atoms with E-state index in [1.54, 1.807) is 0 Å². The molecule has 0 heterocycles. The van der Waals surface area contributed by atoms with Gasteiger partial charge in [0.25, 0.3) is 0 Å². The Morgan fingerprint density at radius 3 is 2.46 bits per heavy atom. The topological polar surface area (TPSA) is 55.8 Å². The zero-order chi connectivity index (χ0) is 10.3. The van der Waals surface area contributed by atoms with E-state index < -0.39 is 12.1 Å². The highest BCUT2D eigenvalue weighted by atomic mass is 16.7. The average molecular weight is 189 g/mol. The Kier molecular flexibility index (Phi) is 5.67. The summed E-state index contributed by atoms with van der Waals surface area (Å²) < 4.78 is 4.33. The zero-order valence-electron chi connectivity index (χ0n) is 8.20. The average Bonchev–Trinajstić information content (AvgIpc) is 2.13. The number of ether oxygens (including phenoxy) is 1. The largest absolute Gasteiger partial charge is 0.451 e. The number of methoxy groups -OCH3 is 1. The van der Waals surface area contributed by atoms with E-state index in [2.05, 4.69) is 9.57 Å². The predicted octanol–water partition coefficient (Wildman–Crippen LogP) is 1.33. The van der Waals surface area contributed by atoms with Crippen LogP contribution in [0.5, 0.6) is 0 Å². The summed E-state index contributed by atoms with van der Waals surface area (Å²) in [4.78, 5) is 26.3. The third kappa shape index (κ3) is 5.05. The maximum Gasteiger partial charge on any atom is 0.442 e. The van der Waals surface area contributed by atoms with Gasteiger partial charge in [0.05, 0.1) is 14.2 Å². The van der Waals surface area contributed by atoms with Crippen molar-refractivity contribution in [1.29, 1.82) is 0 Å².